The molecule has 0 aliphatic rings. The molecule has 0 radical (unpaired) electrons. The van der Waals surface area contributed by atoms with Crippen LogP contribution in [0.1, 0.15) is 24.2 Å². The summed E-state index contributed by atoms with van der Waals surface area (Å²) in [5.74, 6) is -1.18. The first kappa shape index (κ1) is 18.1. The van der Waals surface area contributed by atoms with E-state index in [1.165, 1.54) is 13.2 Å². The Morgan fingerprint density at radius 2 is 1.74 bits per heavy atom. The fourth-order valence-electron chi connectivity index (χ4n) is 1.73. The molecule has 0 aliphatic heterocycles. The molecule has 0 aromatic heterocycles. The number of methoxy groups -OCH3 is 1. The highest BCUT2D eigenvalue weighted by atomic mass is 16.6. The summed E-state index contributed by atoms with van der Waals surface area (Å²) in [5.41, 5.74) is -0.396. The van der Waals surface area contributed by atoms with Gasteiger partial charge in [0.05, 0.1) is 30.8 Å². The normalized spacial score (nSPS) is 10.4. The number of nitro benzene ring substituents is 1. The average molecular weight is 323 g/mol. The molecule has 0 fully saturated rings. The van der Waals surface area contributed by atoms with Crippen molar-refractivity contribution in [3.8, 4) is 11.5 Å². The van der Waals surface area contributed by atoms with Crippen molar-refractivity contribution in [2.24, 2.45) is 0 Å². The van der Waals surface area contributed by atoms with Gasteiger partial charge in [0.1, 0.15) is 5.75 Å². The van der Waals surface area contributed by atoms with Gasteiger partial charge < -0.3 is 14.2 Å². The highest BCUT2D eigenvalue weighted by molar-refractivity contribution is 6.09. The van der Waals surface area contributed by atoms with Crippen LogP contribution < -0.4 is 9.47 Å². The Morgan fingerprint density at radius 1 is 1.13 bits per heavy atom. The fraction of sp³-hybridized carbons (Fsp3) is 0.333. The highest BCUT2D eigenvalue weighted by Gasteiger charge is 2.23. The van der Waals surface area contributed by atoms with Crippen LogP contribution in [0.5, 0.6) is 11.5 Å². The lowest BCUT2D eigenvalue weighted by molar-refractivity contribution is -0.385. The Bertz CT molecular complexity index is 637. The third kappa shape index (κ3) is 4.80. The van der Waals surface area contributed by atoms with Crippen molar-refractivity contribution in [1.82, 2.24) is 0 Å². The van der Waals surface area contributed by atoms with Gasteiger partial charge >= 0.3 is 11.7 Å². The third-order valence-corrected chi connectivity index (χ3v) is 2.69. The maximum absolute atomic E-state index is 12.2. The van der Waals surface area contributed by atoms with Gasteiger partial charge in [0, 0.05) is 18.2 Å². The van der Waals surface area contributed by atoms with Gasteiger partial charge in [-0.05, 0) is 19.9 Å². The van der Waals surface area contributed by atoms with Crippen molar-refractivity contribution in [3.05, 3.63) is 40.0 Å². The number of carbonyl (C=O) groups is 2. The number of carbonyl (C=O) groups excluding carboxylic acids is 2. The molecule has 23 heavy (non-hydrogen) atoms. The Kier molecular flexibility index (Phi) is 6.72. The van der Waals surface area contributed by atoms with Crippen LogP contribution in [0.2, 0.25) is 0 Å². The van der Waals surface area contributed by atoms with Crippen LogP contribution >= 0.6 is 0 Å². The van der Waals surface area contributed by atoms with E-state index in [0.717, 1.165) is 18.2 Å². The second-order valence-electron chi connectivity index (χ2n) is 4.16. The van der Waals surface area contributed by atoms with E-state index in [0.29, 0.717) is 0 Å². The van der Waals surface area contributed by atoms with E-state index in [4.69, 9.17) is 9.47 Å². The zero-order valence-electron chi connectivity index (χ0n) is 13.0. The van der Waals surface area contributed by atoms with Gasteiger partial charge in [-0.1, -0.05) is 0 Å². The SMILES string of the molecule is CCOc1cc(OCC)c([N+](=O)[O-])cc1C(=O)/C=C/C(=O)OC. The van der Waals surface area contributed by atoms with Crippen molar-refractivity contribution in [3.63, 3.8) is 0 Å². The van der Waals surface area contributed by atoms with Crippen LogP contribution in [0.25, 0.3) is 0 Å². The van der Waals surface area contributed by atoms with Crippen molar-refractivity contribution in [2.45, 2.75) is 13.8 Å². The van der Waals surface area contributed by atoms with Gasteiger partial charge in [-0.3, -0.25) is 14.9 Å². The Balaban J connectivity index is 3.35. The number of nitro groups is 1. The molecule has 0 amide bonds. The van der Waals surface area contributed by atoms with E-state index in [2.05, 4.69) is 4.74 Å². The number of benzene rings is 1. The number of nitrogens with zero attached hydrogens (tertiary/aromatic N) is 1. The number of rotatable bonds is 8. The molecule has 1 rings (SSSR count). The Hall–Kier alpha value is -2.90. The van der Waals surface area contributed by atoms with Crippen LogP contribution in [0.3, 0.4) is 0 Å². The lowest BCUT2D eigenvalue weighted by atomic mass is 10.1. The van der Waals surface area contributed by atoms with Crippen LogP contribution in [-0.4, -0.2) is 37.0 Å². The molecule has 8 heteroatoms. The quantitative estimate of drug-likeness (QED) is 0.237. The molecule has 0 N–H and O–H groups in total. The lowest BCUT2D eigenvalue weighted by Crippen LogP contribution is -2.06. The Morgan fingerprint density at radius 3 is 2.26 bits per heavy atom. The van der Waals surface area contributed by atoms with Crippen LogP contribution in [-0.2, 0) is 9.53 Å². The minimum absolute atomic E-state index is 0.00875. The zero-order valence-corrected chi connectivity index (χ0v) is 13.0. The molecule has 1 aromatic rings. The number of hydrogen-bond acceptors (Lipinski definition) is 7. The molecule has 0 bridgehead atoms. The van der Waals surface area contributed by atoms with Gasteiger partial charge in [0.25, 0.3) is 0 Å². The summed E-state index contributed by atoms with van der Waals surface area (Å²) in [6, 6.07) is 2.37. The molecule has 0 spiro atoms. The van der Waals surface area contributed by atoms with E-state index in [9.17, 15) is 19.7 Å². The molecule has 0 unspecified atom stereocenters. The van der Waals surface area contributed by atoms with Crippen LogP contribution in [0.15, 0.2) is 24.3 Å². The number of esters is 1. The first-order chi connectivity index (χ1) is 10.9. The minimum Gasteiger partial charge on any atom is -0.493 e. The first-order valence-electron chi connectivity index (χ1n) is 6.82. The zero-order chi connectivity index (χ0) is 17.4. The van der Waals surface area contributed by atoms with E-state index in [-0.39, 0.29) is 36.0 Å². The molecular weight excluding hydrogens is 306 g/mol. The third-order valence-electron chi connectivity index (χ3n) is 2.69. The second-order valence-corrected chi connectivity index (χ2v) is 4.16. The second kappa shape index (κ2) is 8.52. The fourth-order valence-corrected chi connectivity index (χ4v) is 1.73. The van der Waals surface area contributed by atoms with E-state index < -0.39 is 16.7 Å². The van der Waals surface area contributed by atoms with Crippen LogP contribution in [0, 0.1) is 10.1 Å². The van der Waals surface area contributed by atoms with E-state index >= 15 is 0 Å². The molecule has 0 atom stereocenters. The molecule has 0 heterocycles. The van der Waals surface area contributed by atoms with E-state index in [1.54, 1.807) is 13.8 Å². The molecule has 124 valence electrons. The number of ether oxygens (including phenoxy) is 3. The topological polar surface area (TPSA) is 105 Å². The Labute approximate surface area is 132 Å². The van der Waals surface area contributed by atoms with E-state index in [1.807, 2.05) is 0 Å². The summed E-state index contributed by atoms with van der Waals surface area (Å²) in [7, 11) is 1.17. The van der Waals surface area contributed by atoms with Crippen molar-refractivity contribution in [2.75, 3.05) is 20.3 Å². The lowest BCUT2D eigenvalue weighted by Gasteiger charge is -2.11. The summed E-state index contributed by atoms with van der Waals surface area (Å²) in [5, 5.41) is 11.1. The van der Waals surface area contributed by atoms with Crippen molar-refractivity contribution in [1.29, 1.82) is 0 Å². The summed E-state index contributed by atoms with van der Waals surface area (Å²) >= 11 is 0. The largest absolute Gasteiger partial charge is 0.493 e. The summed E-state index contributed by atoms with van der Waals surface area (Å²) in [6.07, 6.45) is 1.90. The predicted octanol–water partition coefficient (Wildman–Crippen LogP) is 2.30. The predicted molar refractivity (Wildman–Crippen MR) is 80.9 cm³/mol. The number of allylic oxidation sites excluding steroid dienone is 1. The molecule has 1 aromatic carbocycles. The maximum Gasteiger partial charge on any atom is 0.330 e. The van der Waals surface area contributed by atoms with Crippen molar-refractivity contribution >= 4 is 17.4 Å². The monoisotopic (exact) mass is 323 g/mol. The van der Waals surface area contributed by atoms with Crippen molar-refractivity contribution < 1.29 is 28.7 Å². The van der Waals surface area contributed by atoms with Gasteiger partial charge in [0.2, 0.25) is 5.75 Å². The van der Waals surface area contributed by atoms with Gasteiger partial charge in [-0.15, -0.1) is 0 Å². The van der Waals surface area contributed by atoms with Crippen LogP contribution in [0.4, 0.5) is 5.69 Å². The first-order valence-corrected chi connectivity index (χ1v) is 6.82. The number of hydrogen-bond donors (Lipinski definition) is 0. The summed E-state index contributed by atoms with van der Waals surface area (Å²) < 4.78 is 14.9. The summed E-state index contributed by atoms with van der Waals surface area (Å²) in [4.78, 5) is 33.7. The highest BCUT2D eigenvalue weighted by Crippen LogP contribution is 2.35. The molecule has 0 saturated heterocycles. The van der Waals surface area contributed by atoms with Gasteiger partial charge in [0.15, 0.2) is 5.78 Å². The maximum atomic E-state index is 12.2. The molecule has 0 aliphatic carbocycles. The minimum atomic E-state index is -0.711. The standard InChI is InChI=1S/C15H17NO7/c1-4-22-13-9-14(23-5-2)11(16(19)20)8-10(13)12(17)6-7-15(18)21-3/h6-9H,4-5H2,1-3H3/b7-6+. The molecule has 0 saturated carbocycles. The summed E-state index contributed by atoms with van der Waals surface area (Å²) in [6.45, 7) is 3.87. The van der Waals surface area contributed by atoms with Gasteiger partial charge in [-0.2, -0.15) is 0 Å². The molecule has 8 nitrogen and oxygen atoms in total. The number of ketones is 1. The van der Waals surface area contributed by atoms with Gasteiger partial charge in [-0.25, -0.2) is 4.79 Å². The molecular formula is C15H17NO7. The average Bonchev–Trinajstić information content (AvgIpc) is 2.52. The smallest absolute Gasteiger partial charge is 0.330 e.